The van der Waals surface area contributed by atoms with Gasteiger partial charge in [-0.3, -0.25) is 0 Å². The average Bonchev–Trinajstić information content (AvgIpc) is 1.79. The van der Waals surface area contributed by atoms with E-state index in [4.69, 9.17) is 0 Å². The predicted octanol–water partition coefficient (Wildman–Crippen LogP) is -0.438. The van der Waals surface area contributed by atoms with Crippen molar-refractivity contribution in [3.63, 3.8) is 0 Å². The summed E-state index contributed by atoms with van der Waals surface area (Å²) in [5.74, 6) is -1.50. The standard InChI is InChI=1S/2C5H10O2.Cu/c2*1-4(2)3-5(6)7;/h2*4H,3H2,1-2H3,(H,6,7);/q;;+2/p-2. The first-order valence-electron chi connectivity index (χ1n) is 4.65. The van der Waals surface area contributed by atoms with Crippen LogP contribution in [0.1, 0.15) is 40.5 Å². The largest absolute Gasteiger partial charge is 2.00 e. The third-order valence-corrected chi connectivity index (χ3v) is 1.15. The zero-order valence-corrected chi connectivity index (χ0v) is 10.4. The topological polar surface area (TPSA) is 80.3 Å². The summed E-state index contributed by atoms with van der Waals surface area (Å²) in [6.45, 7) is 7.37. The van der Waals surface area contributed by atoms with Crippen molar-refractivity contribution in [2.24, 2.45) is 11.8 Å². The van der Waals surface area contributed by atoms with E-state index in [1.54, 1.807) is 0 Å². The first kappa shape index (κ1) is 19.9. The van der Waals surface area contributed by atoms with Gasteiger partial charge in [-0.15, -0.1) is 0 Å². The number of hydrogen-bond donors (Lipinski definition) is 0. The molecule has 0 aliphatic heterocycles. The third kappa shape index (κ3) is 31.8. The van der Waals surface area contributed by atoms with Crippen LogP contribution in [-0.4, -0.2) is 11.9 Å². The number of carbonyl (C=O) groups excluding carboxylic acids is 2. The molecular formula is C10H18CuO4. The second-order valence-corrected chi connectivity index (χ2v) is 3.94. The van der Waals surface area contributed by atoms with Crippen molar-refractivity contribution in [2.45, 2.75) is 40.5 Å². The summed E-state index contributed by atoms with van der Waals surface area (Å²) in [4.78, 5) is 19.4. The fourth-order valence-corrected chi connectivity index (χ4v) is 0.667. The van der Waals surface area contributed by atoms with Gasteiger partial charge in [0.1, 0.15) is 0 Å². The van der Waals surface area contributed by atoms with Gasteiger partial charge in [0.15, 0.2) is 0 Å². The Kier molecular flexibility index (Phi) is 15.3. The molecule has 0 rings (SSSR count). The number of carboxylic acids is 2. The van der Waals surface area contributed by atoms with Crippen LogP contribution < -0.4 is 10.2 Å². The normalized spacial score (nSPS) is 8.93. The first-order valence-corrected chi connectivity index (χ1v) is 4.65. The van der Waals surface area contributed by atoms with E-state index >= 15 is 0 Å². The molecule has 15 heavy (non-hydrogen) atoms. The predicted molar refractivity (Wildman–Crippen MR) is 48.9 cm³/mol. The van der Waals surface area contributed by atoms with Crippen LogP contribution in [0.2, 0.25) is 0 Å². The molecule has 0 atom stereocenters. The molecule has 0 aliphatic rings. The maximum absolute atomic E-state index is 9.70. The van der Waals surface area contributed by atoms with Gasteiger partial charge < -0.3 is 19.8 Å². The summed E-state index contributed by atoms with van der Waals surface area (Å²) in [7, 11) is 0. The van der Waals surface area contributed by atoms with E-state index in [0.717, 1.165) is 0 Å². The molecule has 1 radical (unpaired) electrons. The van der Waals surface area contributed by atoms with Crippen LogP contribution in [0.3, 0.4) is 0 Å². The number of rotatable bonds is 4. The molecule has 0 aliphatic carbocycles. The summed E-state index contributed by atoms with van der Waals surface area (Å²) in [5, 5.41) is 19.4. The molecular weight excluding hydrogens is 248 g/mol. The van der Waals surface area contributed by atoms with Crippen LogP contribution in [-0.2, 0) is 26.7 Å². The van der Waals surface area contributed by atoms with Gasteiger partial charge in [-0.05, 0) is 24.7 Å². The second kappa shape index (κ2) is 11.5. The Morgan fingerprint density at radius 1 is 0.867 bits per heavy atom. The quantitative estimate of drug-likeness (QED) is 0.646. The monoisotopic (exact) mass is 265 g/mol. The van der Waals surface area contributed by atoms with E-state index in [2.05, 4.69) is 0 Å². The van der Waals surface area contributed by atoms with E-state index in [9.17, 15) is 19.8 Å². The van der Waals surface area contributed by atoms with Gasteiger partial charge in [-0.1, -0.05) is 27.7 Å². The fourth-order valence-electron chi connectivity index (χ4n) is 0.667. The number of aliphatic carboxylic acids is 2. The molecule has 4 nitrogen and oxygen atoms in total. The number of carboxylic acid groups (broad SMARTS) is 2. The van der Waals surface area contributed by atoms with Gasteiger partial charge in [0.05, 0.1) is 0 Å². The maximum atomic E-state index is 9.70. The molecule has 0 amide bonds. The van der Waals surface area contributed by atoms with Crippen molar-refractivity contribution in [3.8, 4) is 0 Å². The van der Waals surface area contributed by atoms with E-state index < -0.39 is 11.9 Å². The third-order valence-electron chi connectivity index (χ3n) is 1.15. The van der Waals surface area contributed by atoms with Crippen molar-refractivity contribution < 1.29 is 36.9 Å². The van der Waals surface area contributed by atoms with Crippen LogP contribution in [0, 0.1) is 11.8 Å². The van der Waals surface area contributed by atoms with E-state index in [-0.39, 0.29) is 41.7 Å². The van der Waals surface area contributed by atoms with Crippen LogP contribution >= 0.6 is 0 Å². The van der Waals surface area contributed by atoms with E-state index in [1.807, 2.05) is 27.7 Å². The molecule has 0 bridgehead atoms. The van der Waals surface area contributed by atoms with Crippen LogP contribution in [0.15, 0.2) is 0 Å². The van der Waals surface area contributed by atoms with E-state index in [1.165, 1.54) is 0 Å². The van der Waals surface area contributed by atoms with Crippen molar-refractivity contribution in [3.05, 3.63) is 0 Å². The maximum Gasteiger partial charge on any atom is 2.00 e. The SMILES string of the molecule is CC(C)CC(=O)[O-].CC(C)CC(=O)[O-].[Cu+2]. The summed E-state index contributed by atoms with van der Waals surface area (Å²) in [5.41, 5.74) is 0. The minimum absolute atomic E-state index is 0. The zero-order chi connectivity index (χ0) is 11.7. The van der Waals surface area contributed by atoms with Crippen molar-refractivity contribution in [1.29, 1.82) is 0 Å². The summed E-state index contributed by atoms with van der Waals surface area (Å²) in [6, 6.07) is 0. The molecule has 5 heteroatoms. The van der Waals surface area contributed by atoms with Crippen LogP contribution in [0.25, 0.3) is 0 Å². The van der Waals surface area contributed by atoms with Crippen molar-refractivity contribution in [2.75, 3.05) is 0 Å². The molecule has 0 fully saturated rings. The Bertz CT molecular complexity index is 158. The van der Waals surface area contributed by atoms with Crippen molar-refractivity contribution in [1.82, 2.24) is 0 Å². The molecule has 0 aromatic carbocycles. The van der Waals surface area contributed by atoms with Gasteiger partial charge in [0.25, 0.3) is 0 Å². The van der Waals surface area contributed by atoms with E-state index in [0.29, 0.717) is 0 Å². The Morgan fingerprint density at radius 3 is 1.07 bits per heavy atom. The number of hydrogen-bond acceptors (Lipinski definition) is 4. The zero-order valence-electron chi connectivity index (χ0n) is 9.50. The Hall–Kier alpha value is -0.541. The minimum Gasteiger partial charge on any atom is -0.550 e. The number of carbonyl (C=O) groups is 2. The van der Waals surface area contributed by atoms with Gasteiger partial charge in [-0.25, -0.2) is 0 Å². The summed E-state index contributed by atoms with van der Waals surface area (Å²) >= 11 is 0. The molecule has 0 aromatic heterocycles. The van der Waals surface area contributed by atoms with Crippen LogP contribution in [0.5, 0.6) is 0 Å². The molecule has 0 saturated heterocycles. The van der Waals surface area contributed by atoms with Crippen molar-refractivity contribution >= 4 is 11.9 Å². The Morgan fingerprint density at radius 2 is 1.07 bits per heavy atom. The fraction of sp³-hybridized carbons (Fsp3) is 0.800. The van der Waals surface area contributed by atoms with Crippen LogP contribution in [0.4, 0.5) is 0 Å². The first-order chi connectivity index (χ1) is 6.25. The Labute approximate surface area is 102 Å². The van der Waals surface area contributed by atoms with Gasteiger partial charge in [0, 0.05) is 11.9 Å². The summed E-state index contributed by atoms with van der Waals surface area (Å²) < 4.78 is 0. The average molecular weight is 266 g/mol. The second-order valence-electron chi connectivity index (χ2n) is 3.94. The smallest absolute Gasteiger partial charge is 0.550 e. The van der Waals surface area contributed by atoms with Gasteiger partial charge in [0.2, 0.25) is 0 Å². The Balaban J connectivity index is -0.000000180. The summed E-state index contributed by atoms with van der Waals surface area (Å²) in [6.07, 6.45) is 0.333. The molecule has 0 unspecified atom stereocenters. The molecule has 0 heterocycles. The molecule has 93 valence electrons. The van der Waals surface area contributed by atoms with Gasteiger partial charge in [-0.2, -0.15) is 0 Å². The van der Waals surface area contributed by atoms with Gasteiger partial charge >= 0.3 is 17.1 Å². The molecule has 0 aromatic rings. The minimum atomic E-state index is -0.963. The molecule has 0 N–H and O–H groups in total. The molecule has 0 saturated carbocycles. The molecule has 0 spiro atoms.